The standard InChI is InChI=1S/C7H6FNO2/c8-4-6-3-5(7(10)11)1-2-9-6/h1-3H,4H2,(H,10,11). The SMILES string of the molecule is O=C(O)c1ccnc(CF)c1. The van der Waals surface area contributed by atoms with Gasteiger partial charge in [0, 0.05) is 6.20 Å². The Kier molecular flexibility index (Phi) is 2.15. The van der Waals surface area contributed by atoms with Crippen LogP contribution < -0.4 is 0 Å². The van der Waals surface area contributed by atoms with Gasteiger partial charge in [-0.3, -0.25) is 4.98 Å². The number of alkyl halides is 1. The summed E-state index contributed by atoms with van der Waals surface area (Å²) in [5, 5.41) is 8.45. The van der Waals surface area contributed by atoms with E-state index in [4.69, 9.17) is 5.11 Å². The van der Waals surface area contributed by atoms with E-state index in [0.29, 0.717) is 0 Å². The highest BCUT2D eigenvalue weighted by molar-refractivity contribution is 5.87. The highest BCUT2D eigenvalue weighted by Gasteiger charge is 2.02. The molecule has 1 rings (SSSR count). The first-order valence-corrected chi connectivity index (χ1v) is 2.98. The molecule has 0 amide bonds. The molecular formula is C7H6FNO2. The molecule has 58 valence electrons. The predicted octanol–water partition coefficient (Wildman–Crippen LogP) is 1.25. The van der Waals surface area contributed by atoms with E-state index in [9.17, 15) is 9.18 Å². The van der Waals surface area contributed by atoms with Crippen molar-refractivity contribution in [3.63, 3.8) is 0 Å². The second kappa shape index (κ2) is 3.09. The lowest BCUT2D eigenvalue weighted by atomic mass is 10.2. The molecule has 1 aromatic rings. The summed E-state index contributed by atoms with van der Waals surface area (Å²) in [7, 11) is 0. The van der Waals surface area contributed by atoms with Gasteiger partial charge in [-0.25, -0.2) is 9.18 Å². The summed E-state index contributed by atoms with van der Waals surface area (Å²) >= 11 is 0. The van der Waals surface area contributed by atoms with Crippen LogP contribution in [0.3, 0.4) is 0 Å². The van der Waals surface area contributed by atoms with Gasteiger partial charge in [-0.2, -0.15) is 0 Å². The number of aromatic carboxylic acids is 1. The topological polar surface area (TPSA) is 50.2 Å². The minimum absolute atomic E-state index is 0.0626. The van der Waals surface area contributed by atoms with Crippen molar-refractivity contribution >= 4 is 5.97 Å². The second-order valence-corrected chi connectivity index (χ2v) is 1.97. The molecule has 0 bridgehead atoms. The summed E-state index contributed by atoms with van der Waals surface area (Å²) in [5.74, 6) is -1.07. The van der Waals surface area contributed by atoms with Crippen molar-refractivity contribution in [2.45, 2.75) is 6.67 Å². The monoisotopic (exact) mass is 155 g/mol. The van der Waals surface area contributed by atoms with Crippen LogP contribution in [-0.2, 0) is 6.67 Å². The molecule has 0 fully saturated rings. The van der Waals surface area contributed by atoms with Crippen molar-refractivity contribution < 1.29 is 14.3 Å². The number of carboxylic acids is 1. The number of carbonyl (C=O) groups is 1. The maximum Gasteiger partial charge on any atom is 0.335 e. The molecule has 1 aromatic heterocycles. The third-order valence-electron chi connectivity index (χ3n) is 1.20. The Labute approximate surface area is 62.5 Å². The third-order valence-corrected chi connectivity index (χ3v) is 1.20. The number of nitrogens with zero attached hydrogens (tertiary/aromatic N) is 1. The summed E-state index contributed by atoms with van der Waals surface area (Å²) in [6, 6.07) is 2.53. The van der Waals surface area contributed by atoms with E-state index >= 15 is 0 Å². The molecule has 0 atom stereocenters. The number of hydrogen-bond acceptors (Lipinski definition) is 2. The van der Waals surface area contributed by atoms with Crippen molar-refractivity contribution in [3.05, 3.63) is 29.6 Å². The van der Waals surface area contributed by atoms with Gasteiger partial charge in [-0.1, -0.05) is 0 Å². The molecule has 0 radical (unpaired) electrons. The first-order chi connectivity index (χ1) is 5.24. The second-order valence-electron chi connectivity index (χ2n) is 1.97. The smallest absolute Gasteiger partial charge is 0.335 e. The van der Waals surface area contributed by atoms with Gasteiger partial charge in [0.05, 0.1) is 11.3 Å². The molecule has 3 nitrogen and oxygen atoms in total. The van der Waals surface area contributed by atoms with Crippen molar-refractivity contribution in [3.8, 4) is 0 Å². The predicted molar refractivity (Wildman–Crippen MR) is 36.0 cm³/mol. The van der Waals surface area contributed by atoms with E-state index in [1.807, 2.05) is 0 Å². The van der Waals surface area contributed by atoms with Gasteiger partial charge in [0.2, 0.25) is 0 Å². The molecule has 0 aliphatic rings. The average Bonchev–Trinajstić information content (AvgIpc) is 2.05. The number of hydrogen-bond donors (Lipinski definition) is 1. The zero-order chi connectivity index (χ0) is 8.27. The van der Waals surface area contributed by atoms with E-state index in [1.54, 1.807) is 0 Å². The number of halogens is 1. The summed E-state index contributed by atoms with van der Waals surface area (Å²) in [5.41, 5.74) is 0.206. The maximum absolute atomic E-state index is 11.9. The summed E-state index contributed by atoms with van der Waals surface area (Å²) in [4.78, 5) is 13.9. The Hall–Kier alpha value is -1.45. The molecule has 11 heavy (non-hydrogen) atoms. The molecule has 0 aliphatic carbocycles. The maximum atomic E-state index is 11.9. The fraction of sp³-hybridized carbons (Fsp3) is 0.143. The normalized spacial score (nSPS) is 9.55. The van der Waals surface area contributed by atoms with Crippen LogP contribution in [0.5, 0.6) is 0 Å². The number of rotatable bonds is 2. The fourth-order valence-electron chi connectivity index (χ4n) is 0.684. The number of pyridine rings is 1. The Balaban J connectivity index is 3.01. The summed E-state index contributed by atoms with van der Waals surface area (Å²) < 4.78 is 11.9. The Morgan fingerprint density at radius 3 is 3.00 bits per heavy atom. The molecular weight excluding hydrogens is 149 g/mol. The van der Waals surface area contributed by atoms with E-state index in [0.717, 1.165) is 0 Å². The Bertz CT molecular complexity index is 275. The quantitative estimate of drug-likeness (QED) is 0.699. The highest BCUT2D eigenvalue weighted by atomic mass is 19.1. The lowest BCUT2D eigenvalue weighted by molar-refractivity contribution is 0.0696. The van der Waals surface area contributed by atoms with Crippen LogP contribution in [0.1, 0.15) is 16.1 Å². The van der Waals surface area contributed by atoms with Gasteiger partial charge in [0.15, 0.2) is 0 Å². The van der Waals surface area contributed by atoms with Crippen LogP contribution in [0.4, 0.5) is 4.39 Å². The molecule has 1 heterocycles. The molecule has 0 unspecified atom stereocenters. The van der Waals surface area contributed by atoms with E-state index < -0.39 is 12.6 Å². The fourth-order valence-corrected chi connectivity index (χ4v) is 0.684. The first-order valence-electron chi connectivity index (χ1n) is 2.98. The molecule has 4 heteroatoms. The first kappa shape index (κ1) is 7.65. The molecule has 1 N–H and O–H groups in total. The third kappa shape index (κ3) is 1.73. The molecule has 0 aromatic carbocycles. The Morgan fingerprint density at radius 2 is 2.45 bits per heavy atom. The van der Waals surface area contributed by atoms with Crippen molar-refractivity contribution in [2.24, 2.45) is 0 Å². The minimum Gasteiger partial charge on any atom is -0.478 e. The van der Waals surface area contributed by atoms with Gasteiger partial charge in [-0.15, -0.1) is 0 Å². The van der Waals surface area contributed by atoms with E-state index in [1.165, 1.54) is 18.3 Å². The van der Waals surface area contributed by atoms with Crippen LogP contribution in [0.2, 0.25) is 0 Å². The number of aromatic nitrogens is 1. The van der Waals surface area contributed by atoms with Gasteiger partial charge in [0.25, 0.3) is 0 Å². The molecule has 0 saturated heterocycles. The zero-order valence-corrected chi connectivity index (χ0v) is 5.62. The van der Waals surface area contributed by atoms with Crippen LogP contribution in [0.25, 0.3) is 0 Å². The van der Waals surface area contributed by atoms with Gasteiger partial charge >= 0.3 is 5.97 Å². The molecule has 0 aliphatic heterocycles. The van der Waals surface area contributed by atoms with Gasteiger partial charge < -0.3 is 5.11 Å². The van der Waals surface area contributed by atoms with Crippen molar-refractivity contribution in [1.82, 2.24) is 4.98 Å². The van der Waals surface area contributed by atoms with Crippen LogP contribution in [0.15, 0.2) is 18.3 Å². The molecule has 0 spiro atoms. The minimum atomic E-state index is -1.07. The van der Waals surface area contributed by atoms with Gasteiger partial charge in [-0.05, 0) is 12.1 Å². The van der Waals surface area contributed by atoms with E-state index in [-0.39, 0.29) is 11.3 Å². The number of carboxylic acid groups (broad SMARTS) is 1. The zero-order valence-electron chi connectivity index (χ0n) is 5.62. The molecule has 0 saturated carbocycles. The average molecular weight is 155 g/mol. The largest absolute Gasteiger partial charge is 0.478 e. The van der Waals surface area contributed by atoms with Gasteiger partial charge in [0.1, 0.15) is 6.67 Å². The lowest BCUT2D eigenvalue weighted by Crippen LogP contribution is -1.97. The summed E-state index contributed by atoms with van der Waals surface area (Å²) in [6.07, 6.45) is 1.28. The van der Waals surface area contributed by atoms with Crippen LogP contribution >= 0.6 is 0 Å². The van der Waals surface area contributed by atoms with Crippen LogP contribution in [-0.4, -0.2) is 16.1 Å². The Morgan fingerprint density at radius 1 is 1.73 bits per heavy atom. The van der Waals surface area contributed by atoms with Crippen molar-refractivity contribution in [1.29, 1.82) is 0 Å². The summed E-state index contributed by atoms with van der Waals surface area (Å²) in [6.45, 7) is -0.735. The van der Waals surface area contributed by atoms with Crippen molar-refractivity contribution in [2.75, 3.05) is 0 Å². The lowest BCUT2D eigenvalue weighted by Gasteiger charge is -1.94. The van der Waals surface area contributed by atoms with Crippen LogP contribution in [0, 0.1) is 0 Å². The van der Waals surface area contributed by atoms with E-state index in [2.05, 4.69) is 4.98 Å². The highest BCUT2D eigenvalue weighted by Crippen LogP contribution is 2.02.